The molecule has 7 heteroatoms. The number of rotatable bonds is 2. The van der Waals surface area contributed by atoms with Crippen LogP contribution in [0.15, 0.2) is 34.2 Å². The average molecular weight is 327 g/mol. The van der Waals surface area contributed by atoms with E-state index < -0.39 is 10.0 Å². The number of anilines is 1. The number of hydrogen-bond acceptors (Lipinski definition) is 5. The molecule has 116 valence electrons. The molecule has 21 heavy (non-hydrogen) atoms. The third-order valence-electron chi connectivity index (χ3n) is 3.32. The third-order valence-corrected chi connectivity index (χ3v) is 5.15. The smallest absolute Gasteiger partial charge is 0.238 e. The molecule has 3 N–H and O–H groups in total. The minimum Gasteiger partial charge on any atom is -0.335 e. The number of primary sulfonamides is 1. The lowest BCUT2D eigenvalue weighted by atomic mass is 9.85. The topological polar surface area (TPSA) is 84.5 Å². The van der Waals surface area contributed by atoms with Crippen LogP contribution in [0.4, 0.5) is 5.69 Å². The average Bonchev–Trinajstić information content (AvgIpc) is 2.37. The molecule has 0 fully saturated rings. The second-order valence-electron chi connectivity index (χ2n) is 6.15. The van der Waals surface area contributed by atoms with E-state index in [9.17, 15) is 8.42 Å². The maximum absolute atomic E-state index is 11.4. The molecule has 5 nitrogen and oxygen atoms in total. The maximum atomic E-state index is 11.4. The number of benzene rings is 1. The molecular formula is C14H21N3O2S2. The lowest BCUT2D eigenvalue weighted by Crippen LogP contribution is -2.30. The monoisotopic (exact) mass is 327 g/mol. The van der Waals surface area contributed by atoms with Gasteiger partial charge in [-0.25, -0.2) is 13.6 Å². The van der Waals surface area contributed by atoms with E-state index in [1.165, 1.54) is 12.1 Å². The van der Waals surface area contributed by atoms with E-state index >= 15 is 0 Å². The normalized spacial score (nSPS) is 20.0. The molecule has 0 aliphatic carbocycles. The minimum absolute atomic E-state index is 0.0984. The predicted molar refractivity (Wildman–Crippen MR) is 89.2 cm³/mol. The quantitative estimate of drug-likeness (QED) is 0.874. The molecule has 1 heterocycles. The van der Waals surface area contributed by atoms with Crippen molar-refractivity contribution in [3.05, 3.63) is 24.3 Å². The zero-order valence-electron chi connectivity index (χ0n) is 12.5. The van der Waals surface area contributed by atoms with Crippen LogP contribution in [-0.4, -0.2) is 25.4 Å². The highest BCUT2D eigenvalue weighted by molar-refractivity contribution is 8.14. The molecule has 1 aliphatic rings. The van der Waals surface area contributed by atoms with E-state index in [4.69, 9.17) is 10.1 Å². The molecule has 0 spiro atoms. The molecule has 0 radical (unpaired) electrons. The van der Waals surface area contributed by atoms with Crippen molar-refractivity contribution < 1.29 is 8.42 Å². The van der Waals surface area contributed by atoms with Crippen LogP contribution >= 0.6 is 11.8 Å². The Kier molecular flexibility index (Phi) is 4.65. The van der Waals surface area contributed by atoms with Crippen LogP contribution in [0, 0.1) is 5.41 Å². The Morgan fingerprint density at radius 2 is 2.10 bits per heavy atom. The molecule has 0 aromatic heterocycles. The zero-order chi connectivity index (χ0) is 15.7. The molecule has 1 aromatic carbocycles. The number of hydrogen-bond donors (Lipinski definition) is 2. The van der Waals surface area contributed by atoms with Crippen LogP contribution in [0.2, 0.25) is 0 Å². The van der Waals surface area contributed by atoms with Gasteiger partial charge >= 0.3 is 0 Å². The Bertz CT molecular complexity index is 648. The van der Waals surface area contributed by atoms with Crippen molar-refractivity contribution in [2.24, 2.45) is 15.5 Å². The van der Waals surface area contributed by atoms with Gasteiger partial charge in [0.25, 0.3) is 0 Å². The third kappa shape index (κ3) is 4.46. The lowest BCUT2D eigenvalue weighted by Gasteiger charge is -2.31. The number of nitrogens with two attached hydrogens (primary N) is 1. The lowest BCUT2D eigenvalue weighted by molar-refractivity contribution is 0.316. The number of thioether (sulfide) groups is 1. The Balaban J connectivity index is 2.20. The molecule has 0 saturated heterocycles. The van der Waals surface area contributed by atoms with Crippen molar-refractivity contribution in [1.29, 1.82) is 0 Å². The Morgan fingerprint density at radius 3 is 2.71 bits per heavy atom. The summed E-state index contributed by atoms with van der Waals surface area (Å²) >= 11 is 1.65. The van der Waals surface area contributed by atoms with Crippen LogP contribution in [0.3, 0.4) is 0 Å². The van der Waals surface area contributed by atoms with Gasteiger partial charge in [0.15, 0.2) is 5.17 Å². The SMILES string of the molecule is CC(C)(C)C1CCSC(Nc2cccc(S(N)(=O)=O)c2)=N1. The first-order valence-corrected chi connectivity index (χ1v) is 9.30. The Hall–Kier alpha value is -1.05. The van der Waals surface area contributed by atoms with Gasteiger partial charge in [0.2, 0.25) is 10.0 Å². The molecule has 1 atom stereocenters. The molecule has 2 rings (SSSR count). The molecule has 1 unspecified atom stereocenters. The first-order chi connectivity index (χ1) is 9.66. The molecular weight excluding hydrogens is 306 g/mol. The van der Waals surface area contributed by atoms with Gasteiger partial charge in [-0.2, -0.15) is 0 Å². The van der Waals surface area contributed by atoms with E-state index in [0.717, 1.165) is 17.3 Å². The first-order valence-electron chi connectivity index (χ1n) is 6.77. The number of aliphatic imine (C=N–C) groups is 1. The fourth-order valence-corrected chi connectivity index (χ4v) is 3.57. The zero-order valence-corrected chi connectivity index (χ0v) is 14.1. The summed E-state index contributed by atoms with van der Waals surface area (Å²) in [6.45, 7) is 6.53. The summed E-state index contributed by atoms with van der Waals surface area (Å²) in [4.78, 5) is 4.83. The van der Waals surface area contributed by atoms with Crippen molar-refractivity contribution in [2.45, 2.75) is 38.1 Å². The number of nitrogens with zero attached hydrogens (tertiary/aromatic N) is 1. The van der Waals surface area contributed by atoms with Crippen molar-refractivity contribution in [3.63, 3.8) is 0 Å². The minimum atomic E-state index is -3.69. The van der Waals surface area contributed by atoms with Crippen LogP contribution < -0.4 is 10.5 Å². The fraction of sp³-hybridized carbons (Fsp3) is 0.500. The van der Waals surface area contributed by atoms with Crippen LogP contribution in [0.5, 0.6) is 0 Å². The summed E-state index contributed by atoms with van der Waals surface area (Å²) in [5, 5.41) is 9.16. The molecule has 1 aliphatic heterocycles. The van der Waals surface area contributed by atoms with Crippen LogP contribution in [-0.2, 0) is 10.0 Å². The van der Waals surface area contributed by atoms with Crippen LogP contribution in [0.25, 0.3) is 0 Å². The molecule has 0 bridgehead atoms. The summed E-state index contributed by atoms with van der Waals surface area (Å²) in [5.41, 5.74) is 0.804. The van der Waals surface area contributed by atoms with E-state index in [1.807, 2.05) is 0 Å². The van der Waals surface area contributed by atoms with Crippen molar-refractivity contribution >= 4 is 32.6 Å². The largest absolute Gasteiger partial charge is 0.335 e. The van der Waals surface area contributed by atoms with Gasteiger partial charge in [-0.1, -0.05) is 38.6 Å². The summed E-state index contributed by atoms with van der Waals surface area (Å²) in [5.74, 6) is 1.00. The van der Waals surface area contributed by atoms with Gasteiger partial charge < -0.3 is 5.32 Å². The highest BCUT2D eigenvalue weighted by atomic mass is 32.2. The van der Waals surface area contributed by atoms with Gasteiger partial charge in [-0.3, -0.25) is 4.99 Å². The summed E-state index contributed by atoms with van der Waals surface area (Å²) in [7, 11) is -3.69. The van der Waals surface area contributed by atoms with E-state index in [2.05, 4.69) is 26.1 Å². The van der Waals surface area contributed by atoms with Crippen molar-refractivity contribution in [3.8, 4) is 0 Å². The van der Waals surface area contributed by atoms with Crippen molar-refractivity contribution in [2.75, 3.05) is 11.1 Å². The second kappa shape index (κ2) is 5.98. The van der Waals surface area contributed by atoms with E-state index in [0.29, 0.717) is 5.69 Å². The van der Waals surface area contributed by atoms with Gasteiger partial charge in [0, 0.05) is 11.4 Å². The van der Waals surface area contributed by atoms with E-state index in [-0.39, 0.29) is 16.4 Å². The number of sulfonamides is 1. The maximum Gasteiger partial charge on any atom is 0.238 e. The van der Waals surface area contributed by atoms with Gasteiger partial charge in [-0.05, 0) is 30.0 Å². The highest BCUT2D eigenvalue weighted by Gasteiger charge is 2.27. The fourth-order valence-electron chi connectivity index (χ4n) is 2.08. The number of amidine groups is 1. The second-order valence-corrected chi connectivity index (χ2v) is 8.80. The summed E-state index contributed by atoms with van der Waals surface area (Å²) < 4.78 is 22.8. The first kappa shape index (κ1) is 16.3. The molecule has 1 aromatic rings. The highest BCUT2D eigenvalue weighted by Crippen LogP contribution is 2.31. The van der Waals surface area contributed by atoms with Gasteiger partial charge in [-0.15, -0.1) is 0 Å². The Labute approximate surface area is 130 Å². The van der Waals surface area contributed by atoms with Gasteiger partial charge in [0.1, 0.15) is 0 Å². The standard InChI is InChI=1S/C14H21N3O2S2/c1-14(2,3)12-7-8-20-13(17-12)16-10-5-4-6-11(9-10)21(15,18)19/h4-6,9,12H,7-8H2,1-3H3,(H,16,17)(H2,15,18,19). The molecule has 0 amide bonds. The summed E-state index contributed by atoms with van der Waals surface area (Å²) in [6, 6.07) is 6.74. The molecule has 0 saturated carbocycles. The van der Waals surface area contributed by atoms with Crippen molar-refractivity contribution in [1.82, 2.24) is 0 Å². The number of nitrogens with one attached hydrogen (secondary N) is 1. The predicted octanol–water partition coefficient (Wildman–Crippen LogP) is 2.65. The Morgan fingerprint density at radius 1 is 1.38 bits per heavy atom. The van der Waals surface area contributed by atoms with Gasteiger partial charge in [0.05, 0.1) is 10.9 Å². The van der Waals surface area contributed by atoms with E-state index in [1.54, 1.807) is 23.9 Å². The van der Waals surface area contributed by atoms with Crippen LogP contribution in [0.1, 0.15) is 27.2 Å². The summed E-state index contributed by atoms with van der Waals surface area (Å²) in [6.07, 6.45) is 1.05.